The second-order valence-corrected chi connectivity index (χ2v) is 6.30. The number of carbonyl (C=O) groups is 1. The van der Waals surface area contributed by atoms with Crippen LogP contribution in [-0.2, 0) is 11.2 Å². The number of carboxylic acids is 1. The summed E-state index contributed by atoms with van der Waals surface area (Å²) < 4.78 is 0. The molecule has 0 aromatic heterocycles. The fourth-order valence-electron chi connectivity index (χ4n) is 3.78. The van der Waals surface area contributed by atoms with Crippen LogP contribution in [0.3, 0.4) is 0 Å². The van der Waals surface area contributed by atoms with Crippen LogP contribution in [0.4, 0.5) is 5.69 Å². The maximum absolute atomic E-state index is 11.9. The number of anilines is 1. The molecule has 1 aliphatic heterocycles. The third-order valence-electron chi connectivity index (χ3n) is 4.99. The van der Waals surface area contributed by atoms with Gasteiger partial charge in [-0.15, -0.1) is 0 Å². The van der Waals surface area contributed by atoms with Gasteiger partial charge in [0.2, 0.25) is 0 Å². The lowest BCUT2D eigenvalue weighted by Gasteiger charge is -2.34. The van der Waals surface area contributed by atoms with Gasteiger partial charge in [-0.2, -0.15) is 0 Å². The molecule has 0 saturated heterocycles. The smallest absolute Gasteiger partial charge is 0.311 e. The minimum atomic E-state index is -0.594. The van der Waals surface area contributed by atoms with Gasteiger partial charge < -0.3 is 10.0 Å². The summed E-state index contributed by atoms with van der Waals surface area (Å²) in [5, 5.41) is 9.80. The van der Waals surface area contributed by atoms with Crippen LogP contribution in [0.1, 0.15) is 44.1 Å². The Morgan fingerprint density at radius 2 is 1.85 bits per heavy atom. The van der Waals surface area contributed by atoms with E-state index in [4.69, 9.17) is 0 Å². The van der Waals surface area contributed by atoms with Gasteiger partial charge in [-0.3, -0.25) is 4.79 Å². The van der Waals surface area contributed by atoms with Crippen LogP contribution >= 0.6 is 0 Å². The van der Waals surface area contributed by atoms with Gasteiger partial charge in [-0.1, -0.05) is 43.9 Å². The highest BCUT2D eigenvalue weighted by molar-refractivity contribution is 5.76. The Balaban J connectivity index is 1.82. The number of nitrogens with zero attached hydrogens (tertiary/aromatic N) is 1. The summed E-state index contributed by atoms with van der Waals surface area (Å²) in [7, 11) is 0. The van der Waals surface area contributed by atoms with Crippen LogP contribution in [0.25, 0.3) is 0 Å². The number of para-hydroxylation sites is 1. The highest BCUT2D eigenvalue weighted by Gasteiger charge is 2.41. The molecule has 0 radical (unpaired) electrons. The van der Waals surface area contributed by atoms with E-state index in [1.165, 1.54) is 24.1 Å². The van der Waals surface area contributed by atoms with Crippen molar-refractivity contribution < 1.29 is 9.90 Å². The maximum Gasteiger partial charge on any atom is 0.311 e. The van der Waals surface area contributed by atoms with E-state index in [-0.39, 0.29) is 0 Å². The van der Waals surface area contributed by atoms with Crippen molar-refractivity contribution in [1.29, 1.82) is 0 Å². The Kier molecular flexibility index (Phi) is 3.68. The predicted molar refractivity (Wildman–Crippen MR) is 80.1 cm³/mol. The quantitative estimate of drug-likeness (QED) is 0.857. The van der Waals surface area contributed by atoms with Crippen molar-refractivity contribution in [2.24, 2.45) is 5.41 Å². The van der Waals surface area contributed by atoms with E-state index in [0.717, 1.165) is 38.6 Å². The average molecular weight is 273 g/mol. The van der Waals surface area contributed by atoms with Gasteiger partial charge >= 0.3 is 5.97 Å². The predicted octanol–water partition coefficient (Wildman–Crippen LogP) is 3.47. The van der Waals surface area contributed by atoms with Gasteiger partial charge in [0.15, 0.2) is 0 Å². The molecule has 1 aliphatic carbocycles. The largest absolute Gasteiger partial charge is 0.481 e. The topological polar surface area (TPSA) is 40.5 Å². The average Bonchev–Trinajstić information content (AvgIpc) is 2.69. The minimum Gasteiger partial charge on any atom is -0.481 e. The Hall–Kier alpha value is -1.51. The monoisotopic (exact) mass is 273 g/mol. The fourth-order valence-corrected chi connectivity index (χ4v) is 3.78. The van der Waals surface area contributed by atoms with Gasteiger partial charge in [0.05, 0.1) is 5.41 Å². The van der Waals surface area contributed by atoms with Crippen molar-refractivity contribution in [3.05, 3.63) is 29.8 Å². The lowest BCUT2D eigenvalue weighted by molar-refractivity contribution is -0.149. The minimum absolute atomic E-state index is 0.534. The van der Waals surface area contributed by atoms with Gasteiger partial charge in [0, 0.05) is 18.8 Å². The summed E-state index contributed by atoms with van der Waals surface area (Å²) >= 11 is 0. The third kappa shape index (κ3) is 2.41. The first-order valence-corrected chi connectivity index (χ1v) is 7.78. The standard InChI is InChI=1S/C17H23NO2/c19-16(20)17(10-5-1-2-6-11-17)13-18-12-9-14-7-3-4-8-15(14)18/h3-4,7-8H,1-2,5-6,9-13H2,(H,19,20). The van der Waals surface area contributed by atoms with Crippen LogP contribution in [0, 0.1) is 5.41 Å². The van der Waals surface area contributed by atoms with Crippen LogP contribution in [0.15, 0.2) is 24.3 Å². The second-order valence-electron chi connectivity index (χ2n) is 6.30. The van der Waals surface area contributed by atoms with E-state index in [0.29, 0.717) is 6.54 Å². The van der Waals surface area contributed by atoms with Crippen LogP contribution in [-0.4, -0.2) is 24.2 Å². The van der Waals surface area contributed by atoms with Crippen molar-refractivity contribution in [3.63, 3.8) is 0 Å². The molecule has 1 aromatic carbocycles. The molecular formula is C17H23NO2. The van der Waals surface area contributed by atoms with Gasteiger partial charge in [0.25, 0.3) is 0 Å². The summed E-state index contributed by atoms with van der Waals surface area (Å²) in [6.07, 6.45) is 7.20. The molecule has 1 aromatic rings. The van der Waals surface area contributed by atoms with Gasteiger partial charge in [-0.05, 0) is 30.9 Å². The molecule has 1 saturated carbocycles. The molecule has 2 aliphatic rings. The summed E-state index contributed by atoms with van der Waals surface area (Å²) in [5.41, 5.74) is 2.08. The first kappa shape index (κ1) is 13.5. The van der Waals surface area contributed by atoms with Crippen molar-refractivity contribution in [3.8, 4) is 0 Å². The number of carboxylic acid groups (broad SMARTS) is 1. The van der Waals surface area contributed by atoms with E-state index >= 15 is 0 Å². The zero-order valence-electron chi connectivity index (χ0n) is 12.0. The van der Waals surface area contributed by atoms with Crippen LogP contribution in [0.5, 0.6) is 0 Å². The number of benzene rings is 1. The lowest BCUT2D eigenvalue weighted by Crippen LogP contribution is -2.42. The van der Waals surface area contributed by atoms with E-state index in [1.54, 1.807) is 0 Å². The molecule has 1 N–H and O–H groups in total. The van der Waals surface area contributed by atoms with Crippen LogP contribution < -0.4 is 4.90 Å². The first-order valence-electron chi connectivity index (χ1n) is 7.78. The van der Waals surface area contributed by atoms with E-state index in [9.17, 15) is 9.90 Å². The molecule has 108 valence electrons. The molecule has 1 fully saturated rings. The summed E-state index contributed by atoms with van der Waals surface area (Å²) in [4.78, 5) is 14.2. The summed E-state index contributed by atoms with van der Waals surface area (Å²) in [6.45, 7) is 1.65. The van der Waals surface area contributed by atoms with Gasteiger partial charge in [0.1, 0.15) is 0 Å². The highest BCUT2D eigenvalue weighted by Crippen LogP contribution is 2.39. The van der Waals surface area contributed by atoms with Crippen LogP contribution in [0.2, 0.25) is 0 Å². The third-order valence-corrected chi connectivity index (χ3v) is 4.99. The molecule has 0 bridgehead atoms. The van der Waals surface area contributed by atoms with E-state index < -0.39 is 11.4 Å². The number of hydrogen-bond donors (Lipinski definition) is 1. The first-order chi connectivity index (χ1) is 9.71. The normalized spacial score (nSPS) is 21.3. The zero-order valence-corrected chi connectivity index (χ0v) is 12.0. The maximum atomic E-state index is 11.9. The summed E-state index contributed by atoms with van der Waals surface area (Å²) in [6, 6.07) is 8.42. The molecule has 3 rings (SSSR count). The Morgan fingerprint density at radius 1 is 1.15 bits per heavy atom. The molecule has 20 heavy (non-hydrogen) atoms. The summed E-state index contributed by atoms with van der Waals surface area (Å²) in [5.74, 6) is -0.594. The molecule has 3 heteroatoms. The molecule has 1 heterocycles. The van der Waals surface area contributed by atoms with Crippen molar-refractivity contribution in [1.82, 2.24) is 0 Å². The Morgan fingerprint density at radius 3 is 2.55 bits per heavy atom. The molecule has 0 atom stereocenters. The zero-order chi connectivity index (χ0) is 14.0. The number of aliphatic carboxylic acids is 1. The number of hydrogen-bond acceptors (Lipinski definition) is 2. The number of fused-ring (bicyclic) bond motifs is 1. The van der Waals surface area contributed by atoms with E-state index in [2.05, 4.69) is 29.2 Å². The molecule has 3 nitrogen and oxygen atoms in total. The Bertz CT molecular complexity index is 490. The molecule has 0 amide bonds. The Labute approximate surface area is 120 Å². The molecule has 0 unspecified atom stereocenters. The van der Waals surface area contributed by atoms with Crippen molar-refractivity contribution >= 4 is 11.7 Å². The molecule has 0 spiro atoms. The van der Waals surface area contributed by atoms with Crippen molar-refractivity contribution in [2.75, 3.05) is 18.0 Å². The second kappa shape index (κ2) is 5.47. The fraction of sp³-hybridized carbons (Fsp3) is 0.588. The molecular weight excluding hydrogens is 250 g/mol. The van der Waals surface area contributed by atoms with Crippen molar-refractivity contribution in [2.45, 2.75) is 44.9 Å². The number of rotatable bonds is 3. The highest BCUT2D eigenvalue weighted by atomic mass is 16.4. The van der Waals surface area contributed by atoms with Gasteiger partial charge in [-0.25, -0.2) is 0 Å². The SMILES string of the molecule is O=C(O)C1(CN2CCc3ccccc32)CCCCCC1. The van der Waals surface area contributed by atoms with E-state index in [1.807, 2.05) is 0 Å². The lowest BCUT2D eigenvalue weighted by atomic mass is 9.80.